The number of anilines is 1. The number of benzene rings is 2. The first-order valence-electron chi connectivity index (χ1n) is 8.71. The number of halogens is 3. The number of amides is 1. The monoisotopic (exact) mass is 416 g/mol. The van der Waals surface area contributed by atoms with E-state index in [0.29, 0.717) is 10.8 Å². The highest BCUT2D eigenvalue weighted by Gasteiger charge is 2.22. The van der Waals surface area contributed by atoms with Crippen LogP contribution in [0, 0.1) is 24.4 Å². The molecule has 0 aliphatic heterocycles. The molecule has 1 N–H and O–H groups in total. The molecule has 29 heavy (non-hydrogen) atoms. The summed E-state index contributed by atoms with van der Waals surface area (Å²) in [7, 11) is 0. The minimum Gasteiger partial charge on any atom is -0.323 e. The summed E-state index contributed by atoms with van der Waals surface area (Å²) in [5.74, 6) is -4.97. The number of carbonyl (C=O) groups excluding carboxylic acids is 1. The second kappa shape index (κ2) is 7.40. The molecule has 0 aliphatic rings. The number of thioether (sulfide) groups is 1. The molecule has 0 radical (unpaired) electrons. The van der Waals surface area contributed by atoms with E-state index in [2.05, 4.69) is 15.5 Å². The molecule has 2 heterocycles. The van der Waals surface area contributed by atoms with Crippen LogP contribution in [0.25, 0.3) is 16.6 Å². The largest absolute Gasteiger partial charge is 0.323 e. The highest BCUT2D eigenvalue weighted by Crippen LogP contribution is 2.29. The minimum absolute atomic E-state index is 0.423. The Hall–Kier alpha value is -3.07. The lowest BCUT2D eigenvalue weighted by molar-refractivity contribution is -0.115. The zero-order valence-electron chi connectivity index (χ0n) is 15.4. The van der Waals surface area contributed by atoms with Crippen molar-refractivity contribution in [3.8, 4) is 0 Å². The zero-order chi connectivity index (χ0) is 20.7. The van der Waals surface area contributed by atoms with E-state index in [0.717, 1.165) is 40.4 Å². The predicted molar refractivity (Wildman–Crippen MR) is 105 cm³/mol. The minimum atomic E-state index is -1.63. The molecule has 0 saturated heterocycles. The molecular formula is C20H15F3N4OS. The van der Waals surface area contributed by atoms with E-state index in [1.165, 1.54) is 0 Å². The molecule has 1 amide bonds. The maximum atomic E-state index is 13.8. The van der Waals surface area contributed by atoms with E-state index >= 15 is 0 Å². The molecule has 0 bridgehead atoms. The van der Waals surface area contributed by atoms with E-state index in [1.807, 2.05) is 41.7 Å². The van der Waals surface area contributed by atoms with Crippen molar-refractivity contribution in [2.45, 2.75) is 24.3 Å². The van der Waals surface area contributed by atoms with Gasteiger partial charge in [0.05, 0.1) is 16.5 Å². The van der Waals surface area contributed by atoms with Crippen LogP contribution in [0.15, 0.2) is 47.6 Å². The summed E-state index contributed by atoms with van der Waals surface area (Å²) >= 11 is 1.13. The number of nitrogens with zero attached hydrogens (tertiary/aromatic N) is 3. The fourth-order valence-corrected chi connectivity index (χ4v) is 3.89. The molecule has 2 aromatic heterocycles. The van der Waals surface area contributed by atoms with Gasteiger partial charge in [-0.15, -0.1) is 10.2 Å². The quantitative estimate of drug-likeness (QED) is 0.386. The van der Waals surface area contributed by atoms with Crippen LogP contribution in [-0.2, 0) is 4.79 Å². The maximum Gasteiger partial charge on any atom is 0.237 e. The Morgan fingerprint density at radius 2 is 1.86 bits per heavy atom. The molecule has 0 fully saturated rings. The van der Waals surface area contributed by atoms with Crippen LogP contribution in [0.2, 0.25) is 0 Å². The first-order chi connectivity index (χ1) is 13.9. The number of fused-ring (bicyclic) bond motifs is 3. The Kier molecular flexibility index (Phi) is 4.91. The summed E-state index contributed by atoms with van der Waals surface area (Å²) in [6.45, 7) is 3.59. The van der Waals surface area contributed by atoms with Crippen molar-refractivity contribution in [1.82, 2.24) is 14.6 Å². The number of aromatic nitrogens is 3. The van der Waals surface area contributed by atoms with Crippen molar-refractivity contribution in [2.75, 3.05) is 5.32 Å². The first-order valence-corrected chi connectivity index (χ1v) is 9.59. The van der Waals surface area contributed by atoms with Crippen LogP contribution in [0.1, 0.15) is 12.5 Å². The Balaban J connectivity index is 1.63. The maximum absolute atomic E-state index is 13.8. The number of nitrogens with one attached hydrogen (secondary N) is 1. The summed E-state index contributed by atoms with van der Waals surface area (Å²) in [6.07, 6.45) is 0. The smallest absolute Gasteiger partial charge is 0.237 e. The molecule has 148 valence electrons. The number of para-hydroxylation sites is 1. The molecule has 0 aliphatic carbocycles. The van der Waals surface area contributed by atoms with Gasteiger partial charge in [-0.1, -0.05) is 30.0 Å². The lowest BCUT2D eigenvalue weighted by atomic mass is 10.1. The number of hydrogen-bond acceptors (Lipinski definition) is 4. The van der Waals surface area contributed by atoms with E-state index in [1.54, 1.807) is 6.92 Å². The second-order valence-electron chi connectivity index (χ2n) is 6.49. The number of pyridine rings is 1. The van der Waals surface area contributed by atoms with E-state index in [4.69, 9.17) is 0 Å². The van der Waals surface area contributed by atoms with E-state index < -0.39 is 34.3 Å². The van der Waals surface area contributed by atoms with E-state index in [-0.39, 0.29) is 0 Å². The molecule has 0 unspecified atom stereocenters. The molecule has 9 heteroatoms. The van der Waals surface area contributed by atoms with Gasteiger partial charge < -0.3 is 5.32 Å². The number of aryl methyl sites for hydroxylation is 1. The van der Waals surface area contributed by atoms with Crippen molar-refractivity contribution in [1.29, 1.82) is 0 Å². The molecule has 4 rings (SSSR count). The van der Waals surface area contributed by atoms with Crippen molar-refractivity contribution in [3.63, 3.8) is 0 Å². The third-order valence-corrected chi connectivity index (χ3v) is 5.56. The van der Waals surface area contributed by atoms with E-state index in [9.17, 15) is 18.0 Å². The highest BCUT2D eigenvalue weighted by molar-refractivity contribution is 8.00. The Morgan fingerprint density at radius 3 is 2.66 bits per heavy atom. The predicted octanol–water partition coefficient (Wildman–Crippen LogP) is 4.73. The molecule has 5 nitrogen and oxygen atoms in total. The highest BCUT2D eigenvalue weighted by atomic mass is 32.2. The SMILES string of the molecule is Cc1cc2nnc(S[C@H](C)C(=O)Nc3ccc(F)c(F)c3F)n2c2ccccc12. The van der Waals surface area contributed by atoms with Crippen LogP contribution >= 0.6 is 11.8 Å². The van der Waals surface area contributed by atoms with Crippen molar-refractivity contribution in [2.24, 2.45) is 0 Å². The van der Waals surface area contributed by atoms with Gasteiger partial charge >= 0.3 is 0 Å². The van der Waals surface area contributed by atoms with Gasteiger partial charge in [-0.25, -0.2) is 13.2 Å². The van der Waals surface area contributed by atoms with Crippen LogP contribution in [0.5, 0.6) is 0 Å². The van der Waals surface area contributed by atoms with Crippen molar-refractivity contribution >= 4 is 39.9 Å². The molecular weight excluding hydrogens is 401 g/mol. The Morgan fingerprint density at radius 1 is 1.10 bits per heavy atom. The zero-order valence-corrected chi connectivity index (χ0v) is 16.2. The number of carbonyl (C=O) groups is 1. The summed E-state index contributed by atoms with van der Waals surface area (Å²) in [6, 6.07) is 11.4. The van der Waals surface area contributed by atoms with Gasteiger partial charge in [0.25, 0.3) is 0 Å². The first kappa shape index (κ1) is 19.3. The van der Waals surface area contributed by atoms with Crippen LogP contribution in [-0.4, -0.2) is 25.8 Å². The topological polar surface area (TPSA) is 59.3 Å². The molecule has 4 aromatic rings. The fraction of sp³-hybridized carbons (Fsp3) is 0.150. The van der Waals surface area contributed by atoms with Crippen LogP contribution in [0.3, 0.4) is 0 Å². The Labute approximate surface area is 167 Å². The molecule has 1 atom stereocenters. The van der Waals surface area contributed by atoms with Gasteiger partial charge in [-0.05, 0) is 43.7 Å². The Bertz CT molecular complexity index is 1260. The van der Waals surface area contributed by atoms with Crippen LogP contribution in [0.4, 0.5) is 18.9 Å². The van der Waals surface area contributed by atoms with Gasteiger partial charge in [-0.2, -0.15) is 0 Å². The number of rotatable bonds is 4. The van der Waals surface area contributed by atoms with Crippen LogP contribution < -0.4 is 5.32 Å². The lowest BCUT2D eigenvalue weighted by Crippen LogP contribution is -2.23. The molecule has 0 spiro atoms. The average Bonchev–Trinajstić information content (AvgIpc) is 3.11. The average molecular weight is 416 g/mol. The lowest BCUT2D eigenvalue weighted by Gasteiger charge is -2.13. The van der Waals surface area contributed by atoms with Gasteiger partial charge in [0, 0.05) is 5.39 Å². The summed E-state index contributed by atoms with van der Waals surface area (Å²) in [4.78, 5) is 12.5. The third kappa shape index (κ3) is 3.42. The van der Waals surface area contributed by atoms with Gasteiger partial charge in [0.1, 0.15) is 0 Å². The number of hydrogen-bond donors (Lipinski definition) is 1. The van der Waals surface area contributed by atoms with Gasteiger partial charge in [-0.3, -0.25) is 9.20 Å². The molecule has 0 saturated carbocycles. The second-order valence-corrected chi connectivity index (χ2v) is 7.80. The third-order valence-electron chi connectivity index (χ3n) is 4.52. The summed E-state index contributed by atoms with van der Waals surface area (Å²) < 4.78 is 42.1. The fourth-order valence-electron chi connectivity index (χ4n) is 3.02. The summed E-state index contributed by atoms with van der Waals surface area (Å²) in [5.41, 5.74) is 2.17. The van der Waals surface area contributed by atoms with Gasteiger partial charge in [0.15, 0.2) is 28.3 Å². The van der Waals surface area contributed by atoms with Crippen molar-refractivity contribution < 1.29 is 18.0 Å². The normalized spacial score (nSPS) is 12.4. The summed E-state index contributed by atoms with van der Waals surface area (Å²) in [5, 5.41) is 11.4. The standard InChI is InChI=1S/C20H15F3N4OS/c1-10-9-16-25-26-20(27(16)15-6-4-3-5-12(10)15)29-11(2)19(28)24-14-8-7-13(21)17(22)18(14)23/h3-9,11H,1-2H3,(H,24,28)/t11-/m1/s1. The van der Waals surface area contributed by atoms with Crippen molar-refractivity contribution in [3.05, 3.63) is 65.5 Å². The molecule has 2 aromatic carbocycles. The van der Waals surface area contributed by atoms with Gasteiger partial charge in [0.2, 0.25) is 5.91 Å².